The number of rotatable bonds is 3. The first-order valence-electron chi connectivity index (χ1n) is 5.21. The topological polar surface area (TPSA) is 50.7 Å². The van der Waals surface area contributed by atoms with Crippen LogP contribution in [0.3, 0.4) is 0 Å². The van der Waals surface area contributed by atoms with E-state index in [0.29, 0.717) is 0 Å². The molecule has 1 rings (SSSR count). The molecule has 0 unspecified atom stereocenters. The lowest BCUT2D eigenvalue weighted by molar-refractivity contribution is 0.548. The Hall–Kier alpha value is -1.22. The van der Waals surface area contributed by atoms with Crippen molar-refractivity contribution in [3.63, 3.8) is 0 Å². The lowest BCUT2D eigenvalue weighted by atomic mass is 9.89. The molecule has 0 fully saturated rings. The van der Waals surface area contributed by atoms with E-state index in [1.165, 1.54) is 5.56 Å². The maximum absolute atomic E-state index is 6.13. The summed E-state index contributed by atoms with van der Waals surface area (Å²) in [4.78, 5) is 0. The van der Waals surface area contributed by atoms with Crippen molar-refractivity contribution in [3.05, 3.63) is 29.3 Å². The van der Waals surface area contributed by atoms with Crippen LogP contribution >= 0.6 is 0 Å². The Morgan fingerprint density at radius 1 is 1.33 bits per heavy atom. The van der Waals surface area contributed by atoms with Gasteiger partial charge in [0.05, 0.1) is 5.69 Å². The van der Waals surface area contributed by atoms with Crippen molar-refractivity contribution in [1.29, 1.82) is 0 Å². The molecule has 0 radical (unpaired) electrons. The van der Waals surface area contributed by atoms with Crippen LogP contribution in [0.5, 0.6) is 0 Å². The Bertz CT molecular complexity index is 362. The molecular weight excluding hydrogens is 186 g/mol. The molecular formula is C12H19N3. The zero-order valence-electron chi connectivity index (χ0n) is 9.91. The van der Waals surface area contributed by atoms with Crippen molar-refractivity contribution >= 4 is 5.69 Å². The van der Waals surface area contributed by atoms with Gasteiger partial charge in [-0.05, 0) is 43.5 Å². The minimum atomic E-state index is -0.329. The molecule has 0 aliphatic heterocycles. The van der Waals surface area contributed by atoms with Gasteiger partial charge in [0.2, 0.25) is 0 Å². The van der Waals surface area contributed by atoms with Gasteiger partial charge in [-0.2, -0.15) is 10.2 Å². The summed E-state index contributed by atoms with van der Waals surface area (Å²) < 4.78 is 0. The molecule has 3 heteroatoms. The van der Waals surface area contributed by atoms with Crippen LogP contribution in [-0.2, 0) is 12.0 Å². The van der Waals surface area contributed by atoms with E-state index < -0.39 is 0 Å². The third-order valence-corrected chi connectivity index (χ3v) is 2.38. The van der Waals surface area contributed by atoms with Gasteiger partial charge in [0, 0.05) is 12.6 Å². The number of nitrogens with zero attached hydrogens (tertiary/aromatic N) is 2. The number of nitrogens with two attached hydrogens (primary N) is 1. The second kappa shape index (κ2) is 4.53. The molecule has 15 heavy (non-hydrogen) atoms. The molecule has 0 spiro atoms. The van der Waals surface area contributed by atoms with Gasteiger partial charge in [0.25, 0.3) is 0 Å². The van der Waals surface area contributed by atoms with E-state index in [4.69, 9.17) is 5.73 Å². The Kier molecular flexibility index (Phi) is 3.58. The molecule has 0 amide bonds. The van der Waals surface area contributed by atoms with Crippen molar-refractivity contribution in [1.82, 2.24) is 0 Å². The average molecular weight is 205 g/mol. The van der Waals surface area contributed by atoms with Gasteiger partial charge in [0.15, 0.2) is 0 Å². The van der Waals surface area contributed by atoms with Crippen LogP contribution in [0.15, 0.2) is 28.4 Å². The molecule has 0 saturated heterocycles. The predicted octanol–water partition coefficient (Wildman–Crippen LogP) is 3.16. The van der Waals surface area contributed by atoms with E-state index in [1.54, 1.807) is 7.05 Å². The fourth-order valence-electron chi connectivity index (χ4n) is 1.65. The highest BCUT2D eigenvalue weighted by molar-refractivity contribution is 5.46. The second-order valence-electron chi connectivity index (χ2n) is 4.22. The zero-order chi connectivity index (χ0) is 11.5. The third-order valence-electron chi connectivity index (χ3n) is 2.38. The fourth-order valence-corrected chi connectivity index (χ4v) is 1.65. The monoisotopic (exact) mass is 205 g/mol. The van der Waals surface area contributed by atoms with Crippen LogP contribution < -0.4 is 5.73 Å². The zero-order valence-corrected chi connectivity index (χ0v) is 9.91. The maximum atomic E-state index is 6.13. The molecule has 0 aliphatic carbocycles. The number of hydrogen-bond donors (Lipinski definition) is 1. The number of aryl methyl sites for hydroxylation is 1. The van der Waals surface area contributed by atoms with E-state index in [9.17, 15) is 0 Å². The quantitative estimate of drug-likeness (QED) is 0.757. The van der Waals surface area contributed by atoms with Crippen molar-refractivity contribution in [2.24, 2.45) is 16.0 Å². The summed E-state index contributed by atoms with van der Waals surface area (Å²) in [5.41, 5.74) is 9.08. The molecule has 1 aromatic rings. The van der Waals surface area contributed by atoms with Crippen LogP contribution in [0, 0.1) is 0 Å². The molecule has 0 aromatic heterocycles. The van der Waals surface area contributed by atoms with Gasteiger partial charge >= 0.3 is 0 Å². The summed E-state index contributed by atoms with van der Waals surface area (Å²) in [5.74, 6) is 0. The van der Waals surface area contributed by atoms with E-state index >= 15 is 0 Å². The minimum Gasteiger partial charge on any atom is -0.322 e. The summed E-state index contributed by atoms with van der Waals surface area (Å²) in [6.07, 6.45) is 0.986. The molecule has 1 aromatic carbocycles. The molecule has 3 nitrogen and oxygen atoms in total. The summed E-state index contributed by atoms with van der Waals surface area (Å²) in [7, 11) is 1.67. The largest absolute Gasteiger partial charge is 0.322 e. The summed E-state index contributed by atoms with van der Waals surface area (Å²) in [6.45, 7) is 6.15. The molecule has 0 saturated carbocycles. The van der Waals surface area contributed by atoms with E-state index in [0.717, 1.165) is 17.7 Å². The van der Waals surface area contributed by atoms with Gasteiger partial charge < -0.3 is 5.73 Å². The highest BCUT2D eigenvalue weighted by Crippen LogP contribution is 2.26. The second-order valence-corrected chi connectivity index (χ2v) is 4.22. The minimum absolute atomic E-state index is 0.329. The van der Waals surface area contributed by atoms with Gasteiger partial charge in [-0.1, -0.05) is 13.0 Å². The van der Waals surface area contributed by atoms with Gasteiger partial charge in [0.1, 0.15) is 0 Å². The average Bonchev–Trinajstić information content (AvgIpc) is 2.17. The Morgan fingerprint density at radius 2 is 2.00 bits per heavy atom. The lowest BCUT2D eigenvalue weighted by Gasteiger charge is -2.22. The van der Waals surface area contributed by atoms with Gasteiger partial charge in [-0.25, -0.2) is 0 Å². The Morgan fingerprint density at radius 3 is 2.47 bits per heavy atom. The van der Waals surface area contributed by atoms with Crippen LogP contribution in [-0.4, -0.2) is 7.05 Å². The smallest absolute Gasteiger partial charge is 0.0856 e. The molecule has 0 atom stereocenters. The first-order valence-corrected chi connectivity index (χ1v) is 5.21. The molecule has 82 valence electrons. The first kappa shape index (κ1) is 11.9. The Balaban J connectivity index is 3.25. The van der Waals surface area contributed by atoms with Crippen molar-refractivity contribution in [2.45, 2.75) is 32.7 Å². The van der Waals surface area contributed by atoms with Crippen molar-refractivity contribution in [2.75, 3.05) is 7.05 Å². The highest BCUT2D eigenvalue weighted by Gasteiger charge is 2.17. The lowest BCUT2D eigenvalue weighted by Crippen LogP contribution is -2.29. The maximum Gasteiger partial charge on any atom is 0.0856 e. The molecule has 0 heterocycles. The predicted molar refractivity (Wildman–Crippen MR) is 63.5 cm³/mol. The van der Waals surface area contributed by atoms with Crippen LogP contribution in [0.4, 0.5) is 5.69 Å². The molecule has 2 N–H and O–H groups in total. The van der Waals surface area contributed by atoms with E-state index in [2.05, 4.69) is 23.2 Å². The standard InChI is InChI=1S/C12H19N3/c1-5-9-6-7-10(15-14-4)8-11(9)12(2,3)13/h6-8H,5,13H2,1-4H3/b15-14+. The SMILES string of the molecule is CCc1ccc(/N=N/C)cc1C(C)(C)N. The normalized spacial score (nSPS) is 12.3. The number of hydrogen-bond acceptors (Lipinski definition) is 3. The summed E-state index contributed by atoms with van der Waals surface area (Å²) in [6, 6.07) is 6.07. The van der Waals surface area contributed by atoms with Crippen LogP contribution in [0.25, 0.3) is 0 Å². The fraction of sp³-hybridized carbons (Fsp3) is 0.500. The van der Waals surface area contributed by atoms with Gasteiger partial charge in [-0.3, -0.25) is 0 Å². The van der Waals surface area contributed by atoms with Crippen molar-refractivity contribution < 1.29 is 0 Å². The Labute approximate surface area is 91.4 Å². The van der Waals surface area contributed by atoms with Crippen LogP contribution in [0.2, 0.25) is 0 Å². The summed E-state index contributed by atoms with van der Waals surface area (Å²) >= 11 is 0. The molecule has 0 bridgehead atoms. The third kappa shape index (κ3) is 2.86. The van der Waals surface area contributed by atoms with Crippen molar-refractivity contribution in [3.8, 4) is 0 Å². The first-order chi connectivity index (χ1) is 6.99. The number of azo groups is 1. The van der Waals surface area contributed by atoms with E-state index in [-0.39, 0.29) is 5.54 Å². The van der Waals surface area contributed by atoms with Crippen LogP contribution in [0.1, 0.15) is 31.9 Å². The number of benzene rings is 1. The van der Waals surface area contributed by atoms with E-state index in [1.807, 2.05) is 26.0 Å². The molecule has 0 aliphatic rings. The summed E-state index contributed by atoms with van der Waals surface area (Å²) in [5, 5.41) is 7.79. The van der Waals surface area contributed by atoms with Gasteiger partial charge in [-0.15, -0.1) is 0 Å². The highest BCUT2D eigenvalue weighted by atomic mass is 15.1.